The van der Waals surface area contributed by atoms with E-state index in [0.29, 0.717) is 12.4 Å². The zero-order valence-corrected chi connectivity index (χ0v) is 15.6. The minimum absolute atomic E-state index is 0.0951. The number of benzene rings is 1. The number of ether oxygens (including phenoxy) is 1. The molecule has 2 rings (SSSR count). The fourth-order valence-electron chi connectivity index (χ4n) is 3.29. The number of hydrogen-bond acceptors (Lipinski definition) is 4. The molecule has 1 amide bonds. The third kappa shape index (κ3) is 6.04. The molecule has 0 spiro atoms. The molecule has 2 N–H and O–H groups in total. The lowest BCUT2D eigenvalue weighted by atomic mass is 9.82. The van der Waals surface area contributed by atoms with Gasteiger partial charge in [-0.2, -0.15) is 11.8 Å². The number of thioether (sulfide) groups is 1. The van der Waals surface area contributed by atoms with Gasteiger partial charge >= 0.3 is 5.97 Å². The lowest BCUT2D eigenvalue weighted by Gasteiger charge is -2.27. The minimum Gasteiger partial charge on any atom is -0.481 e. The molecule has 0 unspecified atom stereocenters. The Labute approximate surface area is 153 Å². The van der Waals surface area contributed by atoms with E-state index >= 15 is 0 Å². The molecule has 0 aliphatic heterocycles. The summed E-state index contributed by atoms with van der Waals surface area (Å²) in [6.07, 6.45) is 4.97. The fraction of sp³-hybridized carbons (Fsp3) is 0.579. The maximum absolute atomic E-state index is 12.9. The summed E-state index contributed by atoms with van der Waals surface area (Å²) in [5, 5.41) is 11.8. The van der Waals surface area contributed by atoms with Crippen LogP contribution >= 0.6 is 11.8 Å². The summed E-state index contributed by atoms with van der Waals surface area (Å²) in [5.41, 5.74) is 1.60. The number of methoxy groups -OCH3 is 1. The standard InChI is InChI=1S/C19H27NO4S/c1-24-11-10-19(8-2-3-9-19)18(23)20-16-6-4-5-15(13-16)14-25-12-7-17(21)22/h4-6,13H,2-3,7-12,14H2,1H3,(H,20,23)(H,21,22). The summed E-state index contributed by atoms with van der Waals surface area (Å²) < 4.78 is 5.20. The van der Waals surface area contributed by atoms with Crippen molar-refractivity contribution >= 4 is 29.3 Å². The number of carbonyl (C=O) groups excluding carboxylic acids is 1. The van der Waals surface area contributed by atoms with Crippen LogP contribution in [0, 0.1) is 5.41 Å². The van der Waals surface area contributed by atoms with Gasteiger partial charge in [0, 0.05) is 30.9 Å². The van der Waals surface area contributed by atoms with Crippen molar-refractivity contribution in [3.8, 4) is 0 Å². The van der Waals surface area contributed by atoms with Crippen molar-refractivity contribution < 1.29 is 19.4 Å². The van der Waals surface area contributed by atoms with Crippen molar-refractivity contribution in [3.05, 3.63) is 29.8 Å². The molecule has 1 fully saturated rings. The van der Waals surface area contributed by atoms with Crippen LogP contribution in [-0.2, 0) is 20.1 Å². The highest BCUT2D eigenvalue weighted by Gasteiger charge is 2.40. The van der Waals surface area contributed by atoms with Gasteiger partial charge in [-0.1, -0.05) is 25.0 Å². The summed E-state index contributed by atoms with van der Waals surface area (Å²) >= 11 is 1.59. The van der Waals surface area contributed by atoms with Gasteiger partial charge in [-0.15, -0.1) is 0 Å². The molecule has 0 heterocycles. The van der Waals surface area contributed by atoms with E-state index in [1.54, 1.807) is 18.9 Å². The Morgan fingerprint density at radius 2 is 2.08 bits per heavy atom. The molecule has 1 aliphatic rings. The van der Waals surface area contributed by atoms with Crippen molar-refractivity contribution in [1.29, 1.82) is 0 Å². The lowest BCUT2D eigenvalue weighted by Crippen LogP contribution is -2.35. The second-order valence-corrected chi connectivity index (χ2v) is 7.69. The first kappa shape index (κ1) is 19.8. The quantitative estimate of drug-likeness (QED) is 0.615. The van der Waals surface area contributed by atoms with Crippen molar-refractivity contribution in [2.75, 3.05) is 24.8 Å². The summed E-state index contributed by atoms with van der Waals surface area (Å²) in [6.45, 7) is 0.605. The van der Waals surface area contributed by atoms with Crippen LogP contribution in [0.25, 0.3) is 0 Å². The highest BCUT2D eigenvalue weighted by Crippen LogP contribution is 2.42. The summed E-state index contributed by atoms with van der Waals surface area (Å²) in [5.74, 6) is 0.655. The lowest BCUT2D eigenvalue weighted by molar-refractivity contribution is -0.136. The SMILES string of the molecule is COCCC1(C(=O)Nc2cccc(CSCCC(=O)O)c2)CCCC1. The van der Waals surface area contributed by atoms with Gasteiger partial charge in [0.1, 0.15) is 0 Å². The number of carboxylic acid groups (broad SMARTS) is 1. The number of nitrogens with one attached hydrogen (secondary N) is 1. The largest absolute Gasteiger partial charge is 0.481 e. The monoisotopic (exact) mass is 365 g/mol. The molecule has 6 heteroatoms. The van der Waals surface area contributed by atoms with E-state index in [1.807, 2.05) is 24.3 Å². The highest BCUT2D eigenvalue weighted by molar-refractivity contribution is 7.98. The van der Waals surface area contributed by atoms with Crippen LogP contribution in [0.2, 0.25) is 0 Å². The van der Waals surface area contributed by atoms with Gasteiger partial charge < -0.3 is 15.2 Å². The molecule has 0 bridgehead atoms. The number of carboxylic acids is 1. The second-order valence-electron chi connectivity index (χ2n) is 6.58. The van der Waals surface area contributed by atoms with Gasteiger partial charge in [0.15, 0.2) is 0 Å². The van der Waals surface area contributed by atoms with Gasteiger partial charge in [0.2, 0.25) is 5.91 Å². The van der Waals surface area contributed by atoms with E-state index in [-0.39, 0.29) is 17.7 Å². The Bertz CT molecular complexity index is 585. The number of amides is 1. The van der Waals surface area contributed by atoms with Crippen molar-refractivity contribution in [2.24, 2.45) is 5.41 Å². The van der Waals surface area contributed by atoms with E-state index in [9.17, 15) is 9.59 Å². The number of rotatable bonds is 10. The summed E-state index contributed by atoms with van der Waals surface area (Å²) in [7, 11) is 1.67. The summed E-state index contributed by atoms with van der Waals surface area (Å²) in [4.78, 5) is 23.4. The molecule has 1 aromatic carbocycles. The maximum atomic E-state index is 12.9. The summed E-state index contributed by atoms with van der Waals surface area (Å²) in [6, 6.07) is 7.81. The Hall–Kier alpha value is -1.53. The Morgan fingerprint density at radius 3 is 2.76 bits per heavy atom. The van der Waals surface area contributed by atoms with Crippen LogP contribution in [0.1, 0.15) is 44.1 Å². The van der Waals surface area contributed by atoms with Crippen LogP contribution in [-0.4, -0.2) is 36.5 Å². The molecule has 25 heavy (non-hydrogen) atoms. The zero-order chi connectivity index (χ0) is 18.1. The molecule has 0 radical (unpaired) electrons. The Morgan fingerprint density at radius 1 is 1.32 bits per heavy atom. The van der Waals surface area contributed by atoms with E-state index in [0.717, 1.165) is 49.1 Å². The van der Waals surface area contributed by atoms with Crippen molar-refractivity contribution in [1.82, 2.24) is 0 Å². The predicted molar refractivity (Wildman–Crippen MR) is 101 cm³/mol. The average Bonchev–Trinajstić information content (AvgIpc) is 3.07. The molecule has 5 nitrogen and oxygen atoms in total. The molecule has 0 aromatic heterocycles. The van der Waals surface area contributed by atoms with Gasteiger partial charge in [-0.3, -0.25) is 9.59 Å². The first-order chi connectivity index (χ1) is 12.1. The Balaban J connectivity index is 1.93. The number of carbonyl (C=O) groups is 2. The third-order valence-electron chi connectivity index (χ3n) is 4.74. The fourth-order valence-corrected chi connectivity index (χ4v) is 4.17. The number of hydrogen-bond donors (Lipinski definition) is 2. The van der Waals surface area contributed by atoms with Crippen molar-refractivity contribution in [2.45, 2.75) is 44.3 Å². The molecular formula is C19H27NO4S. The van der Waals surface area contributed by atoms with Crippen molar-refractivity contribution in [3.63, 3.8) is 0 Å². The predicted octanol–water partition coefficient (Wildman–Crippen LogP) is 3.93. The maximum Gasteiger partial charge on any atom is 0.304 e. The van der Waals surface area contributed by atoms with Gasteiger partial charge in [0.25, 0.3) is 0 Å². The van der Waals surface area contributed by atoms with Crippen LogP contribution in [0.5, 0.6) is 0 Å². The van der Waals surface area contributed by atoms with E-state index < -0.39 is 5.97 Å². The molecule has 0 atom stereocenters. The average molecular weight is 365 g/mol. The minimum atomic E-state index is -0.772. The van der Waals surface area contributed by atoms with Crippen LogP contribution in [0.4, 0.5) is 5.69 Å². The second kappa shape index (κ2) is 9.82. The number of aliphatic carboxylic acids is 1. The molecule has 1 saturated carbocycles. The molecule has 1 aromatic rings. The van der Waals surface area contributed by atoms with Gasteiger partial charge in [-0.25, -0.2) is 0 Å². The number of anilines is 1. The van der Waals surface area contributed by atoms with E-state index in [4.69, 9.17) is 9.84 Å². The smallest absolute Gasteiger partial charge is 0.304 e. The molecule has 0 saturated heterocycles. The van der Waals surface area contributed by atoms with Crippen LogP contribution < -0.4 is 5.32 Å². The van der Waals surface area contributed by atoms with E-state index in [1.165, 1.54) is 0 Å². The Kier molecular flexibility index (Phi) is 7.78. The first-order valence-corrected chi connectivity index (χ1v) is 9.90. The first-order valence-electron chi connectivity index (χ1n) is 8.75. The molecule has 1 aliphatic carbocycles. The zero-order valence-electron chi connectivity index (χ0n) is 14.8. The van der Waals surface area contributed by atoms with Crippen LogP contribution in [0.15, 0.2) is 24.3 Å². The van der Waals surface area contributed by atoms with Gasteiger partial charge in [-0.05, 0) is 37.0 Å². The molecule has 138 valence electrons. The highest BCUT2D eigenvalue weighted by atomic mass is 32.2. The topological polar surface area (TPSA) is 75.6 Å². The third-order valence-corrected chi connectivity index (χ3v) is 5.77. The molecular weight excluding hydrogens is 338 g/mol. The van der Waals surface area contributed by atoms with E-state index in [2.05, 4.69) is 5.32 Å². The van der Waals surface area contributed by atoms with Crippen LogP contribution in [0.3, 0.4) is 0 Å². The normalized spacial score (nSPS) is 15.9. The van der Waals surface area contributed by atoms with Gasteiger partial charge in [0.05, 0.1) is 11.8 Å².